The molecule has 3 rings (SSSR count). The first-order valence-electron chi connectivity index (χ1n) is 8.51. The van der Waals surface area contributed by atoms with Gasteiger partial charge in [-0.1, -0.05) is 12.1 Å². The lowest BCUT2D eigenvalue weighted by Gasteiger charge is -2.32. The maximum Gasteiger partial charge on any atom is 0.227 e. The van der Waals surface area contributed by atoms with Crippen LogP contribution in [0.5, 0.6) is 11.6 Å². The Hall–Kier alpha value is -2.63. The Labute approximate surface area is 147 Å². The van der Waals surface area contributed by atoms with E-state index in [-0.39, 0.29) is 12.0 Å². The van der Waals surface area contributed by atoms with Crippen LogP contribution in [0.4, 0.5) is 0 Å². The molecule has 1 aliphatic rings. The average molecular weight is 341 g/mol. The summed E-state index contributed by atoms with van der Waals surface area (Å²) in [6.07, 6.45) is 3.88. The standard InChI is InChI=1S/C19H23N3O3/c1-14-20-9-8-18(21-14)25-17-7-4-10-22(13-17)19(23)12-15-5-3-6-16(11-15)24-2/h3,5-6,8-9,11,17H,4,7,10,12-13H2,1-2H3. The predicted molar refractivity (Wildman–Crippen MR) is 93.7 cm³/mol. The SMILES string of the molecule is COc1cccc(CC(=O)N2CCCC(Oc3ccnc(C)n3)C2)c1. The Balaban J connectivity index is 1.59. The van der Waals surface area contributed by atoms with Gasteiger partial charge in [-0.2, -0.15) is 4.98 Å². The second kappa shape index (κ2) is 7.96. The zero-order valence-electron chi connectivity index (χ0n) is 14.6. The molecule has 0 spiro atoms. The molecule has 0 bridgehead atoms. The van der Waals surface area contributed by atoms with Gasteiger partial charge in [0.2, 0.25) is 11.8 Å². The van der Waals surface area contributed by atoms with Gasteiger partial charge in [-0.3, -0.25) is 4.79 Å². The third-order valence-electron chi connectivity index (χ3n) is 4.26. The lowest BCUT2D eigenvalue weighted by Crippen LogP contribution is -2.45. The number of likely N-dealkylation sites (tertiary alicyclic amines) is 1. The minimum atomic E-state index is -0.0303. The molecule has 0 radical (unpaired) electrons. The quantitative estimate of drug-likeness (QED) is 0.836. The van der Waals surface area contributed by atoms with E-state index >= 15 is 0 Å². The lowest BCUT2D eigenvalue weighted by molar-refractivity contribution is -0.133. The molecule has 0 saturated carbocycles. The summed E-state index contributed by atoms with van der Waals surface area (Å²) in [6, 6.07) is 9.38. The molecule has 1 aromatic heterocycles. The van der Waals surface area contributed by atoms with Gasteiger partial charge in [0.15, 0.2) is 0 Å². The Morgan fingerprint density at radius 2 is 2.24 bits per heavy atom. The smallest absolute Gasteiger partial charge is 0.227 e. The van der Waals surface area contributed by atoms with Gasteiger partial charge in [-0.15, -0.1) is 0 Å². The van der Waals surface area contributed by atoms with Crippen LogP contribution in [-0.2, 0) is 11.2 Å². The van der Waals surface area contributed by atoms with Crippen molar-refractivity contribution >= 4 is 5.91 Å². The van der Waals surface area contributed by atoms with Crippen molar-refractivity contribution in [2.24, 2.45) is 0 Å². The molecule has 2 heterocycles. The van der Waals surface area contributed by atoms with Crippen LogP contribution >= 0.6 is 0 Å². The molecule has 1 atom stereocenters. The fourth-order valence-corrected chi connectivity index (χ4v) is 3.00. The van der Waals surface area contributed by atoms with Gasteiger partial charge in [-0.25, -0.2) is 4.98 Å². The summed E-state index contributed by atoms with van der Waals surface area (Å²) in [5, 5.41) is 0. The van der Waals surface area contributed by atoms with Crippen LogP contribution in [0.25, 0.3) is 0 Å². The predicted octanol–water partition coefficient (Wildman–Crippen LogP) is 2.41. The summed E-state index contributed by atoms with van der Waals surface area (Å²) >= 11 is 0. The Morgan fingerprint density at radius 3 is 3.04 bits per heavy atom. The fourth-order valence-electron chi connectivity index (χ4n) is 3.00. The highest BCUT2D eigenvalue weighted by molar-refractivity contribution is 5.79. The minimum absolute atomic E-state index is 0.0303. The van der Waals surface area contributed by atoms with Crippen molar-refractivity contribution in [1.82, 2.24) is 14.9 Å². The van der Waals surface area contributed by atoms with Crippen LogP contribution < -0.4 is 9.47 Å². The number of aromatic nitrogens is 2. The van der Waals surface area contributed by atoms with Crippen molar-refractivity contribution in [2.75, 3.05) is 20.2 Å². The van der Waals surface area contributed by atoms with Crippen LogP contribution in [0.2, 0.25) is 0 Å². The van der Waals surface area contributed by atoms with Gasteiger partial charge in [0.1, 0.15) is 17.7 Å². The van der Waals surface area contributed by atoms with E-state index in [1.807, 2.05) is 36.1 Å². The zero-order chi connectivity index (χ0) is 17.6. The largest absolute Gasteiger partial charge is 0.497 e. The molecule has 6 heteroatoms. The van der Waals surface area contributed by atoms with E-state index in [0.29, 0.717) is 24.7 Å². The number of benzene rings is 1. The first-order valence-corrected chi connectivity index (χ1v) is 8.51. The Kier molecular flexibility index (Phi) is 5.48. The third kappa shape index (κ3) is 4.68. The summed E-state index contributed by atoms with van der Waals surface area (Å²) in [5.41, 5.74) is 0.957. The number of aryl methyl sites for hydroxylation is 1. The van der Waals surface area contributed by atoms with Crippen LogP contribution in [0.1, 0.15) is 24.2 Å². The number of hydrogen-bond acceptors (Lipinski definition) is 5. The molecule has 6 nitrogen and oxygen atoms in total. The van der Waals surface area contributed by atoms with E-state index in [9.17, 15) is 4.79 Å². The molecule has 0 aliphatic carbocycles. The maximum absolute atomic E-state index is 12.6. The number of ether oxygens (including phenoxy) is 2. The zero-order valence-corrected chi connectivity index (χ0v) is 14.6. The second-order valence-corrected chi connectivity index (χ2v) is 6.19. The molecule has 1 amide bonds. The number of piperidine rings is 1. The van der Waals surface area contributed by atoms with Crippen LogP contribution in [0.3, 0.4) is 0 Å². The number of carbonyl (C=O) groups is 1. The van der Waals surface area contributed by atoms with Crippen molar-refractivity contribution in [3.63, 3.8) is 0 Å². The number of hydrogen-bond donors (Lipinski definition) is 0. The fraction of sp³-hybridized carbons (Fsp3) is 0.421. The second-order valence-electron chi connectivity index (χ2n) is 6.19. The van der Waals surface area contributed by atoms with Crippen molar-refractivity contribution in [3.8, 4) is 11.6 Å². The van der Waals surface area contributed by atoms with Crippen LogP contribution in [-0.4, -0.2) is 47.1 Å². The van der Waals surface area contributed by atoms with E-state index in [1.165, 1.54) is 0 Å². The molecule has 132 valence electrons. The average Bonchev–Trinajstić information content (AvgIpc) is 2.62. The van der Waals surface area contributed by atoms with E-state index in [4.69, 9.17) is 9.47 Å². The highest BCUT2D eigenvalue weighted by Crippen LogP contribution is 2.19. The molecule has 1 saturated heterocycles. The van der Waals surface area contributed by atoms with Crippen LogP contribution in [0, 0.1) is 6.92 Å². The Bertz CT molecular complexity index is 735. The number of nitrogens with zero attached hydrogens (tertiary/aromatic N) is 3. The molecular formula is C19H23N3O3. The summed E-state index contributed by atoms with van der Waals surface area (Å²) in [4.78, 5) is 22.8. The third-order valence-corrected chi connectivity index (χ3v) is 4.26. The minimum Gasteiger partial charge on any atom is -0.497 e. The summed E-state index contributed by atoms with van der Waals surface area (Å²) < 4.78 is 11.2. The van der Waals surface area contributed by atoms with Gasteiger partial charge in [0.05, 0.1) is 20.1 Å². The first kappa shape index (κ1) is 17.2. The molecule has 1 fully saturated rings. The molecule has 1 aliphatic heterocycles. The van der Waals surface area contributed by atoms with Gasteiger partial charge in [0.25, 0.3) is 0 Å². The van der Waals surface area contributed by atoms with E-state index < -0.39 is 0 Å². The maximum atomic E-state index is 12.6. The summed E-state index contributed by atoms with van der Waals surface area (Å²) in [5.74, 6) is 2.13. The normalized spacial score (nSPS) is 17.2. The number of amides is 1. The molecule has 2 aromatic rings. The molecular weight excluding hydrogens is 318 g/mol. The van der Waals surface area contributed by atoms with Gasteiger partial charge < -0.3 is 14.4 Å². The number of carbonyl (C=O) groups excluding carboxylic acids is 1. The number of methoxy groups -OCH3 is 1. The summed E-state index contributed by atoms with van der Waals surface area (Å²) in [7, 11) is 1.63. The van der Waals surface area contributed by atoms with Crippen molar-refractivity contribution in [1.29, 1.82) is 0 Å². The lowest BCUT2D eigenvalue weighted by atomic mass is 10.1. The van der Waals surface area contributed by atoms with E-state index in [1.54, 1.807) is 19.4 Å². The molecule has 0 N–H and O–H groups in total. The number of rotatable bonds is 5. The van der Waals surface area contributed by atoms with Gasteiger partial charge in [-0.05, 0) is 37.5 Å². The van der Waals surface area contributed by atoms with Gasteiger partial charge >= 0.3 is 0 Å². The molecule has 25 heavy (non-hydrogen) atoms. The summed E-state index contributed by atoms with van der Waals surface area (Å²) in [6.45, 7) is 3.19. The molecule has 1 aromatic carbocycles. The van der Waals surface area contributed by atoms with E-state index in [0.717, 1.165) is 30.7 Å². The van der Waals surface area contributed by atoms with Gasteiger partial charge in [0, 0.05) is 18.8 Å². The van der Waals surface area contributed by atoms with Crippen LogP contribution in [0.15, 0.2) is 36.5 Å². The Morgan fingerprint density at radius 1 is 1.36 bits per heavy atom. The first-order chi connectivity index (χ1) is 12.1. The topological polar surface area (TPSA) is 64.5 Å². The monoisotopic (exact) mass is 341 g/mol. The highest BCUT2D eigenvalue weighted by Gasteiger charge is 2.25. The van der Waals surface area contributed by atoms with Crippen molar-refractivity contribution < 1.29 is 14.3 Å². The van der Waals surface area contributed by atoms with E-state index in [2.05, 4.69) is 9.97 Å². The van der Waals surface area contributed by atoms with Crippen molar-refractivity contribution in [3.05, 3.63) is 47.9 Å². The highest BCUT2D eigenvalue weighted by atomic mass is 16.5. The molecule has 1 unspecified atom stereocenters. The van der Waals surface area contributed by atoms with Crippen molar-refractivity contribution in [2.45, 2.75) is 32.3 Å².